The summed E-state index contributed by atoms with van der Waals surface area (Å²) in [5.41, 5.74) is 5.30. The third-order valence-corrected chi connectivity index (χ3v) is 4.04. The third kappa shape index (κ3) is 2.96. The molecule has 0 fully saturated rings. The van der Waals surface area contributed by atoms with E-state index < -0.39 is 0 Å². The molecule has 2 N–H and O–H groups in total. The second kappa shape index (κ2) is 6.07. The molecule has 2 aromatic rings. The molecule has 106 valence electrons. The van der Waals surface area contributed by atoms with Crippen LogP contribution in [0.2, 0.25) is 5.02 Å². The van der Waals surface area contributed by atoms with Crippen LogP contribution < -0.4 is 10.6 Å². The third-order valence-electron chi connectivity index (χ3n) is 3.73. The predicted octanol–water partition coefficient (Wildman–Crippen LogP) is 4.18. The van der Waals surface area contributed by atoms with Gasteiger partial charge in [-0.25, -0.2) is 0 Å². The average Bonchev–Trinajstić information content (AvgIpc) is 2.53. The van der Waals surface area contributed by atoms with Gasteiger partial charge in [0.05, 0.1) is 22.3 Å². The summed E-state index contributed by atoms with van der Waals surface area (Å²) in [5, 5.41) is 16.3. The second-order valence-electron chi connectivity index (χ2n) is 5.14. The maximum Gasteiger partial charge on any atom is 0.0992 e. The van der Waals surface area contributed by atoms with Gasteiger partial charge in [-0.3, -0.25) is 0 Å². The van der Waals surface area contributed by atoms with Crippen molar-refractivity contribution in [1.82, 2.24) is 0 Å². The first-order valence-corrected chi connectivity index (χ1v) is 7.44. The van der Waals surface area contributed by atoms with Crippen LogP contribution in [-0.4, -0.2) is 6.54 Å². The maximum atomic E-state index is 8.86. The van der Waals surface area contributed by atoms with E-state index in [0.717, 1.165) is 18.7 Å². The molecule has 0 atom stereocenters. The van der Waals surface area contributed by atoms with E-state index in [1.54, 1.807) is 12.1 Å². The zero-order chi connectivity index (χ0) is 14.7. The van der Waals surface area contributed by atoms with Crippen LogP contribution in [0, 0.1) is 11.3 Å². The highest BCUT2D eigenvalue weighted by molar-refractivity contribution is 6.33. The summed E-state index contributed by atoms with van der Waals surface area (Å²) in [5.74, 6) is 0. The van der Waals surface area contributed by atoms with Gasteiger partial charge in [0.25, 0.3) is 0 Å². The van der Waals surface area contributed by atoms with Crippen LogP contribution in [0.1, 0.15) is 23.1 Å². The van der Waals surface area contributed by atoms with Gasteiger partial charge in [0.15, 0.2) is 0 Å². The molecule has 3 nitrogen and oxygen atoms in total. The Balaban J connectivity index is 1.78. The minimum Gasteiger partial charge on any atom is -0.385 e. The second-order valence-corrected chi connectivity index (χ2v) is 5.55. The molecule has 0 bridgehead atoms. The van der Waals surface area contributed by atoms with E-state index in [-0.39, 0.29) is 0 Å². The molecule has 21 heavy (non-hydrogen) atoms. The number of para-hydroxylation sites is 1. The maximum absolute atomic E-state index is 8.86. The van der Waals surface area contributed by atoms with Gasteiger partial charge in [0, 0.05) is 18.8 Å². The smallest absolute Gasteiger partial charge is 0.0992 e. The lowest BCUT2D eigenvalue weighted by Crippen LogP contribution is -2.15. The van der Waals surface area contributed by atoms with Crippen LogP contribution in [-0.2, 0) is 13.0 Å². The fourth-order valence-corrected chi connectivity index (χ4v) is 2.89. The molecule has 0 aromatic heterocycles. The minimum atomic E-state index is 0.573. The molecular formula is C17H16ClN3. The number of fused-ring (bicyclic) bond motifs is 1. The van der Waals surface area contributed by atoms with Crippen LogP contribution in [0.4, 0.5) is 11.4 Å². The highest BCUT2D eigenvalue weighted by atomic mass is 35.5. The lowest BCUT2D eigenvalue weighted by molar-refractivity contribution is 0.825. The number of nitrogens with zero attached hydrogens (tertiary/aromatic N) is 1. The highest BCUT2D eigenvalue weighted by Gasteiger charge is 2.12. The van der Waals surface area contributed by atoms with E-state index in [1.165, 1.54) is 23.2 Å². The summed E-state index contributed by atoms with van der Waals surface area (Å²) in [4.78, 5) is 0. The van der Waals surface area contributed by atoms with Crippen molar-refractivity contribution in [3.05, 3.63) is 58.1 Å². The minimum absolute atomic E-state index is 0.573. The first-order valence-electron chi connectivity index (χ1n) is 7.06. The molecule has 2 aromatic carbocycles. The van der Waals surface area contributed by atoms with Gasteiger partial charge >= 0.3 is 0 Å². The quantitative estimate of drug-likeness (QED) is 0.893. The Bertz CT molecular complexity index is 704. The predicted molar refractivity (Wildman–Crippen MR) is 86.7 cm³/mol. The Morgan fingerprint density at radius 3 is 3.00 bits per heavy atom. The standard InChI is InChI=1S/C17H16ClN3/c18-15-9-12(10-19)6-7-16(15)21-11-14-4-1-3-13-5-2-8-20-17(13)14/h1,3-4,6-7,9,20-21H,2,5,8,11H2. The van der Waals surface area contributed by atoms with E-state index in [9.17, 15) is 0 Å². The van der Waals surface area contributed by atoms with Gasteiger partial charge < -0.3 is 10.6 Å². The molecule has 0 radical (unpaired) electrons. The summed E-state index contributed by atoms with van der Waals surface area (Å²) in [6, 6.07) is 13.8. The fourth-order valence-electron chi connectivity index (χ4n) is 2.65. The molecule has 0 saturated heterocycles. The topological polar surface area (TPSA) is 47.9 Å². The first-order chi connectivity index (χ1) is 10.3. The number of nitriles is 1. The van der Waals surface area contributed by atoms with Crippen molar-refractivity contribution in [2.75, 3.05) is 17.2 Å². The molecule has 1 aliphatic rings. The van der Waals surface area contributed by atoms with E-state index in [1.807, 2.05) is 6.07 Å². The number of benzene rings is 2. The van der Waals surface area contributed by atoms with Crippen molar-refractivity contribution in [3.8, 4) is 6.07 Å². The molecule has 4 heteroatoms. The molecule has 1 aliphatic heterocycles. The molecule has 0 aliphatic carbocycles. The summed E-state index contributed by atoms with van der Waals surface area (Å²) >= 11 is 6.19. The number of nitrogens with one attached hydrogen (secondary N) is 2. The van der Waals surface area contributed by atoms with E-state index in [0.29, 0.717) is 17.1 Å². The average molecular weight is 298 g/mol. The number of hydrogen-bond acceptors (Lipinski definition) is 3. The Hall–Kier alpha value is -2.18. The monoisotopic (exact) mass is 297 g/mol. The molecular weight excluding hydrogens is 282 g/mol. The lowest BCUT2D eigenvalue weighted by atomic mass is 9.99. The van der Waals surface area contributed by atoms with Gasteiger partial charge in [-0.05, 0) is 42.2 Å². The zero-order valence-electron chi connectivity index (χ0n) is 11.6. The Labute approximate surface area is 129 Å². The first kappa shape index (κ1) is 13.8. The number of anilines is 2. The SMILES string of the molecule is N#Cc1ccc(NCc2cccc3c2NCCC3)c(Cl)c1. The molecule has 0 unspecified atom stereocenters. The van der Waals surface area contributed by atoms with Crippen molar-refractivity contribution >= 4 is 23.0 Å². The molecule has 0 saturated carbocycles. The van der Waals surface area contributed by atoms with Gasteiger partial charge in [-0.15, -0.1) is 0 Å². The van der Waals surface area contributed by atoms with E-state index in [4.69, 9.17) is 16.9 Å². The van der Waals surface area contributed by atoms with Crippen molar-refractivity contribution in [1.29, 1.82) is 5.26 Å². The number of aryl methyl sites for hydroxylation is 1. The summed E-state index contributed by atoms with van der Waals surface area (Å²) in [6.07, 6.45) is 2.32. The Kier molecular flexibility index (Phi) is 3.98. The van der Waals surface area contributed by atoms with Crippen molar-refractivity contribution in [3.63, 3.8) is 0 Å². The zero-order valence-corrected chi connectivity index (χ0v) is 12.4. The summed E-state index contributed by atoms with van der Waals surface area (Å²) < 4.78 is 0. The van der Waals surface area contributed by atoms with Gasteiger partial charge in [0.2, 0.25) is 0 Å². The normalized spacial score (nSPS) is 13.0. The lowest BCUT2D eigenvalue weighted by Gasteiger charge is -2.21. The number of rotatable bonds is 3. The molecule has 1 heterocycles. The van der Waals surface area contributed by atoms with E-state index in [2.05, 4.69) is 34.9 Å². The molecule has 0 spiro atoms. The number of halogens is 1. The van der Waals surface area contributed by atoms with Crippen molar-refractivity contribution in [2.45, 2.75) is 19.4 Å². The number of hydrogen-bond donors (Lipinski definition) is 2. The van der Waals surface area contributed by atoms with Crippen LogP contribution >= 0.6 is 11.6 Å². The van der Waals surface area contributed by atoms with Crippen LogP contribution in [0.3, 0.4) is 0 Å². The Morgan fingerprint density at radius 1 is 1.29 bits per heavy atom. The van der Waals surface area contributed by atoms with Gasteiger partial charge in [-0.2, -0.15) is 5.26 Å². The van der Waals surface area contributed by atoms with Gasteiger partial charge in [0.1, 0.15) is 0 Å². The van der Waals surface area contributed by atoms with Crippen LogP contribution in [0.15, 0.2) is 36.4 Å². The fraction of sp³-hybridized carbons (Fsp3) is 0.235. The van der Waals surface area contributed by atoms with Crippen molar-refractivity contribution < 1.29 is 0 Å². The molecule has 0 amide bonds. The summed E-state index contributed by atoms with van der Waals surface area (Å²) in [6.45, 7) is 1.74. The van der Waals surface area contributed by atoms with E-state index >= 15 is 0 Å². The largest absolute Gasteiger partial charge is 0.385 e. The van der Waals surface area contributed by atoms with Crippen LogP contribution in [0.5, 0.6) is 0 Å². The summed E-state index contributed by atoms with van der Waals surface area (Å²) in [7, 11) is 0. The molecule has 3 rings (SSSR count). The highest BCUT2D eigenvalue weighted by Crippen LogP contribution is 2.28. The van der Waals surface area contributed by atoms with Crippen LogP contribution in [0.25, 0.3) is 0 Å². The van der Waals surface area contributed by atoms with Crippen molar-refractivity contribution in [2.24, 2.45) is 0 Å². The van der Waals surface area contributed by atoms with Gasteiger partial charge in [-0.1, -0.05) is 29.8 Å². The Morgan fingerprint density at radius 2 is 2.19 bits per heavy atom.